The van der Waals surface area contributed by atoms with Gasteiger partial charge in [-0.2, -0.15) is 0 Å². The van der Waals surface area contributed by atoms with Gasteiger partial charge in [-0.25, -0.2) is 4.79 Å². The number of benzene rings is 2. The quantitative estimate of drug-likeness (QED) is 0.650. The zero-order valence-corrected chi connectivity index (χ0v) is 18.2. The Kier molecular flexibility index (Phi) is 6.53. The van der Waals surface area contributed by atoms with Gasteiger partial charge in [-0.3, -0.25) is 19.4 Å². The Hall–Kier alpha value is -3.23. The molecule has 168 valence electrons. The third kappa shape index (κ3) is 4.51. The standard InChI is InChI=1S/C24H28N4O4/c1-2-24(19-6-4-3-5-7-19)22(30)28(23(31)26-24)17-21(29)25-20-10-8-18(9-11-20)16-27-12-14-32-15-13-27/h3-11H,2,12-17H2,1H3,(H,25,29)(H,26,31). The summed E-state index contributed by atoms with van der Waals surface area (Å²) in [4.78, 5) is 41.6. The molecule has 2 aromatic carbocycles. The smallest absolute Gasteiger partial charge is 0.325 e. The van der Waals surface area contributed by atoms with Gasteiger partial charge in [-0.1, -0.05) is 49.4 Å². The molecule has 32 heavy (non-hydrogen) atoms. The van der Waals surface area contributed by atoms with Gasteiger partial charge >= 0.3 is 6.03 Å². The molecule has 4 rings (SSSR count). The molecular formula is C24H28N4O4. The minimum atomic E-state index is -1.14. The molecular weight excluding hydrogens is 408 g/mol. The van der Waals surface area contributed by atoms with Gasteiger partial charge in [0.25, 0.3) is 5.91 Å². The van der Waals surface area contributed by atoms with E-state index in [2.05, 4.69) is 15.5 Å². The number of amides is 4. The number of carbonyl (C=O) groups is 3. The van der Waals surface area contributed by atoms with Gasteiger partial charge in [-0.15, -0.1) is 0 Å². The molecule has 1 atom stereocenters. The molecule has 2 saturated heterocycles. The monoisotopic (exact) mass is 436 g/mol. The highest BCUT2D eigenvalue weighted by Crippen LogP contribution is 2.32. The molecule has 0 radical (unpaired) electrons. The lowest BCUT2D eigenvalue weighted by atomic mass is 9.87. The van der Waals surface area contributed by atoms with Gasteiger partial charge in [-0.05, 0) is 29.7 Å². The maximum Gasteiger partial charge on any atom is 0.325 e. The number of carbonyl (C=O) groups excluding carboxylic acids is 3. The molecule has 1 unspecified atom stereocenters. The minimum Gasteiger partial charge on any atom is -0.379 e. The molecule has 0 spiro atoms. The summed E-state index contributed by atoms with van der Waals surface area (Å²) < 4.78 is 5.37. The highest BCUT2D eigenvalue weighted by molar-refractivity contribution is 6.10. The van der Waals surface area contributed by atoms with Crippen LogP contribution in [-0.4, -0.2) is 60.5 Å². The van der Waals surface area contributed by atoms with Crippen LogP contribution in [0.2, 0.25) is 0 Å². The lowest BCUT2D eigenvalue weighted by molar-refractivity contribution is -0.134. The molecule has 0 aliphatic carbocycles. The molecule has 8 nitrogen and oxygen atoms in total. The van der Waals surface area contributed by atoms with E-state index in [0.717, 1.165) is 43.3 Å². The van der Waals surface area contributed by atoms with Gasteiger partial charge in [0.05, 0.1) is 13.2 Å². The fourth-order valence-electron chi connectivity index (χ4n) is 4.19. The van der Waals surface area contributed by atoms with Crippen LogP contribution in [0.25, 0.3) is 0 Å². The van der Waals surface area contributed by atoms with Crippen LogP contribution in [-0.2, 0) is 26.4 Å². The van der Waals surface area contributed by atoms with E-state index in [-0.39, 0.29) is 6.54 Å². The van der Waals surface area contributed by atoms with E-state index in [4.69, 9.17) is 4.74 Å². The van der Waals surface area contributed by atoms with Gasteiger partial charge < -0.3 is 15.4 Å². The predicted octanol–water partition coefficient (Wildman–Crippen LogP) is 2.31. The van der Waals surface area contributed by atoms with E-state index in [1.807, 2.05) is 61.5 Å². The third-order valence-corrected chi connectivity index (χ3v) is 6.02. The molecule has 8 heteroatoms. The maximum atomic E-state index is 13.1. The van der Waals surface area contributed by atoms with Gasteiger partial charge in [0.2, 0.25) is 5.91 Å². The summed E-state index contributed by atoms with van der Waals surface area (Å²) >= 11 is 0. The van der Waals surface area contributed by atoms with E-state index in [9.17, 15) is 14.4 Å². The summed E-state index contributed by atoms with van der Waals surface area (Å²) in [5.41, 5.74) is 1.34. The summed E-state index contributed by atoms with van der Waals surface area (Å²) in [6.07, 6.45) is 0.393. The highest BCUT2D eigenvalue weighted by Gasteiger charge is 2.51. The molecule has 0 saturated carbocycles. The molecule has 2 heterocycles. The van der Waals surface area contributed by atoms with E-state index in [0.29, 0.717) is 17.7 Å². The lowest BCUT2D eigenvalue weighted by Gasteiger charge is -2.26. The number of urea groups is 1. The fraction of sp³-hybridized carbons (Fsp3) is 0.375. The summed E-state index contributed by atoms with van der Waals surface area (Å²) in [6.45, 7) is 5.65. The normalized spacial score (nSPS) is 21.5. The molecule has 0 bridgehead atoms. The Balaban J connectivity index is 1.37. The SMILES string of the molecule is CCC1(c2ccccc2)NC(=O)N(CC(=O)Nc2ccc(CN3CCOCC3)cc2)C1=O. The average Bonchev–Trinajstić information content (AvgIpc) is 3.07. The van der Waals surface area contributed by atoms with Crippen LogP contribution in [0, 0.1) is 0 Å². The zero-order valence-electron chi connectivity index (χ0n) is 18.2. The molecule has 2 aliphatic rings. The van der Waals surface area contributed by atoms with Crippen molar-refractivity contribution in [1.82, 2.24) is 15.1 Å². The fourth-order valence-corrected chi connectivity index (χ4v) is 4.19. The summed E-state index contributed by atoms with van der Waals surface area (Å²) in [5.74, 6) is -0.832. The van der Waals surface area contributed by atoms with Crippen LogP contribution in [0.3, 0.4) is 0 Å². The first-order chi connectivity index (χ1) is 15.5. The Morgan fingerprint density at radius 2 is 1.75 bits per heavy atom. The number of nitrogens with one attached hydrogen (secondary N) is 2. The average molecular weight is 437 g/mol. The van der Waals surface area contributed by atoms with Gasteiger partial charge in [0.1, 0.15) is 12.1 Å². The van der Waals surface area contributed by atoms with Crippen molar-refractivity contribution in [2.75, 3.05) is 38.2 Å². The van der Waals surface area contributed by atoms with Crippen LogP contribution >= 0.6 is 0 Å². The van der Waals surface area contributed by atoms with E-state index in [1.54, 1.807) is 0 Å². The third-order valence-electron chi connectivity index (χ3n) is 6.02. The number of imide groups is 1. The number of ether oxygens (including phenoxy) is 1. The van der Waals surface area contributed by atoms with Crippen molar-refractivity contribution >= 4 is 23.5 Å². The molecule has 2 fully saturated rings. The highest BCUT2D eigenvalue weighted by atomic mass is 16.5. The number of nitrogens with zero attached hydrogens (tertiary/aromatic N) is 2. The van der Waals surface area contributed by atoms with Crippen molar-refractivity contribution in [3.05, 3.63) is 65.7 Å². The van der Waals surface area contributed by atoms with Crippen molar-refractivity contribution in [2.24, 2.45) is 0 Å². The number of hydrogen-bond donors (Lipinski definition) is 2. The summed E-state index contributed by atoms with van der Waals surface area (Å²) in [6, 6.07) is 16.2. The van der Waals surface area contributed by atoms with Crippen LogP contribution in [0.4, 0.5) is 10.5 Å². The molecule has 0 aromatic heterocycles. The first-order valence-electron chi connectivity index (χ1n) is 10.9. The Morgan fingerprint density at radius 3 is 2.41 bits per heavy atom. The number of anilines is 1. The predicted molar refractivity (Wildman–Crippen MR) is 120 cm³/mol. The van der Waals surface area contributed by atoms with Crippen molar-refractivity contribution in [3.8, 4) is 0 Å². The van der Waals surface area contributed by atoms with Gasteiger partial charge in [0.15, 0.2) is 0 Å². The van der Waals surface area contributed by atoms with Crippen LogP contribution in [0.1, 0.15) is 24.5 Å². The first kappa shape index (κ1) is 22.0. The summed E-state index contributed by atoms with van der Waals surface area (Å²) in [7, 11) is 0. The Morgan fingerprint density at radius 1 is 1.06 bits per heavy atom. The summed E-state index contributed by atoms with van der Waals surface area (Å²) in [5, 5.41) is 5.57. The van der Waals surface area contributed by atoms with Gasteiger partial charge in [0, 0.05) is 25.3 Å². The Labute approximate surface area is 187 Å². The van der Waals surface area contributed by atoms with Crippen molar-refractivity contribution in [3.63, 3.8) is 0 Å². The molecule has 2 aliphatic heterocycles. The Bertz CT molecular complexity index is 973. The van der Waals surface area contributed by atoms with Crippen molar-refractivity contribution < 1.29 is 19.1 Å². The van der Waals surface area contributed by atoms with Crippen molar-refractivity contribution in [1.29, 1.82) is 0 Å². The number of hydrogen-bond acceptors (Lipinski definition) is 5. The topological polar surface area (TPSA) is 91.0 Å². The molecule has 2 N–H and O–H groups in total. The number of rotatable bonds is 7. The van der Waals surface area contributed by atoms with Crippen LogP contribution < -0.4 is 10.6 Å². The number of morpholine rings is 1. The minimum absolute atomic E-state index is 0.339. The lowest BCUT2D eigenvalue weighted by Crippen LogP contribution is -2.44. The first-order valence-corrected chi connectivity index (χ1v) is 10.9. The van der Waals surface area contributed by atoms with Crippen LogP contribution in [0.15, 0.2) is 54.6 Å². The molecule has 2 aromatic rings. The van der Waals surface area contributed by atoms with E-state index < -0.39 is 23.4 Å². The van der Waals surface area contributed by atoms with E-state index in [1.165, 1.54) is 0 Å². The second kappa shape index (κ2) is 9.50. The molecule has 4 amide bonds. The second-order valence-corrected chi connectivity index (χ2v) is 8.08. The van der Waals surface area contributed by atoms with Crippen LogP contribution in [0.5, 0.6) is 0 Å². The largest absolute Gasteiger partial charge is 0.379 e. The van der Waals surface area contributed by atoms with Crippen molar-refractivity contribution in [2.45, 2.75) is 25.4 Å². The maximum absolute atomic E-state index is 13.1. The zero-order chi connectivity index (χ0) is 22.6. The van der Waals surface area contributed by atoms with E-state index >= 15 is 0 Å². The second-order valence-electron chi connectivity index (χ2n) is 8.08.